The van der Waals surface area contributed by atoms with E-state index in [1.807, 2.05) is 12.5 Å². The molecule has 3 aliphatic rings. The Bertz CT molecular complexity index is 732. The van der Waals surface area contributed by atoms with Gasteiger partial charge >= 0.3 is 0 Å². The van der Waals surface area contributed by atoms with E-state index in [0.717, 1.165) is 38.9 Å². The van der Waals surface area contributed by atoms with Crippen molar-refractivity contribution in [2.24, 2.45) is 11.3 Å². The summed E-state index contributed by atoms with van der Waals surface area (Å²) in [4.78, 5) is 4.35. The zero-order chi connectivity index (χ0) is 15.4. The van der Waals surface area contributed by atoms with Crippen molar-refractivity contribution < 1.29 is 9.84 Å². The Morgan fingerprint density at radius 2 is 2.00 bits per heavy atom. The number of hydrogen-bond donors (Lipinski definition) is 1. The molecule has 1 aromatic carbocycles. The smallest absolute Gasteiger partial charge is 0.0956 e. The van der Waals surface area contributed by atoms with Crippen molar-refractivity contribution in [3.63, 3.8) is 0 Å². The van der Waals surface area contributed by atoms with Crippen molar-refractivity contribution in [2.75, 3.05) is 13.2 Å². The number of aromatic nitrogens is 2. The van der Waals surface area contributed by atoms with E-state index in [-0.39, 0.29) is 23.5 Å². The maximum absolute atomic E-state index is 11.2. The molecule has 1 saturated heterocycles. The Kier molecular flexibility index (Phi) is 2.94. The molecule has 23 heavy (non-hydrogen) atoms. The molecule has 1 N–H and O–H groups in total. The van der Waals surface area contributed by atoms with E-state index >= 15 is 0 Å². The van der Waals surface area contributed by atoms with Crippen molar-refractivity contribution >= 4 is 0 Å². The van der Waals surface area contributed by atoms with E-state index in [9.17, 15) is 5.11 Å². The third-order valence-electron chi connectivity index (χ3n) is 6.42. The van der Waals surface area contributed by atoms with Crippen LogP contribution in [0, 0.1) is 11.3 Å². The van der Waals surface area contributed by atoms with Gasteiger partial charge in [-0.05, 0) is 31.2 Å². The minimum absolute atomic E-state index is 0.0706. The van der Waals surface area contributed by atoms with Crippen molar-refractivity contribution in [1.82, 2.24) is 9.55 Å². The van der Waals surface area contributed by atoms with Gasteiger partial charge in [0.1, 0.15) is 0 Å². The van der Waals surface area contributed by atoms with E-state index in [4.69, 9.17) is 4.74 Å². The summed E-state index contributed by atoms with van der Waals surface area (Å²) < 4.78 is 7.81. The summed E-state index contributed by atoms with van der Waals surface area (Å²) in [5, 5.41) is 11.2. The molecule has 1 aromatic heterocycles. The number of rotatable bonds is 1. The first-order chi connectivity index (χ1) is 11.3. The quantitative estimate of drug-likeness (QED) is 0.881. The van der Waals surface area contributed by atoms with Crippen LogP contribution in [0.5, 0.6) is 0 Å². The third kappa shape index (κ3) is 1.82. The van der Waals surface area contributed by atoms with Crippen molar-refractivity contribution in [3.8, 4) is 11.3 Å². The second-order valence-electron chi connectivity index (χ2n) is 7.34. The molecule has 2 aliphatic heterocycles. The van der Waals surface area contributed by atoms with Gasteiger partial charge in [-0.3, -0.25) is 0 Å². The fourth-order valence-electron chi connectivity index (χ4n) is 5.18. The molecule has 1 saturated carbocycles. The monoisotopic (exact) mass is 310 g/mol. The Hall–Kier alpha value is -1.65. The van der Waals surface area contributed by atoms with E-state index in [1.54, 1.807) is 0 Å². The maximum atomic E-state index is 11.2. The summed E-state index contributed by atoms with van der Waals surface area (Å²) >= 11 is 0. The summed E-state index contributed by atoms with van der Waals surface area (Å²) in [6, 6.07) is 8.81. The number of fused-ring (bicyclic) bond motifs is 3. The molecule has 1 spiro atoms. The number of ether oxygens (including phenoxy) is 1. The summed E-state index contributed by atoms with van der Waals surface area (Å²) in [5.41, 5.74) is 3.88. The fourth-order valence-corrected chi connectivity index (χ4v) is 5.18. The molecule has 3 atom stereocenters. The van der Waals surface area contributed by atoms with Gasteiger partial charge in [0.05, 0.1) is 30.4 Å². The molecular formula is C19H22N2O2. The summed E-state index contributed by atoms with van der Waals surface area (Å²) in [7, 11) is 0. The van der Waals surface area contributed by atoms with Crippen LogP contribution in [0.3, 0.4) is 0 Å². The highest BCUT2D eigenvalue weighted by molar-refractivity contribution is 5.69. The molecule has 0 radical (unpaired) electrons. The molecule has 4 heteroatoms. The van der Waals surface area contributed by atoms with Gasteiger partial charge in [-0.2, -0.15) is 0 Å². The van der Waals surface area contributed by atoms with Gasteiger partial charge < -0.3 is 14.4 Å². The molecule has 2 fully saturated rings. The SMILES string of the molecule is OC1C(C2c3ccccc3-c3cncn32)CCC12CCOCC2. The molecule has 0 amide bonds. The average Bonchev–Trinajstić information content (AvgIpc) is 3.25. The number of imidazole rings is 1. The lowest BCUT2D eigenvalue weighted by atomic mass is 9.74. The number of benzene rings is 1. The van der Waals surface area contributed by atoms with Crippen LogP contribution in [-0.2, 0) is 4.74 Å². The maximum Gasteiger partial charge on any atom is 0.0956 e. The minimum Gasteiger partial charge on any atom is -0.392 e. The topological polar surface area (TPSA) is 47.3 Å². The van der Waals surface area contributed by atoms with Gasteiger partial charge in [0, 0.05) is 30.1 Å². The molecule has 5 rings (SSSR count). The first kappa shape index (κ1) is 13.8. The second-order valence-corrected chi connectivity index (χ2v) is 7.34. The zero-order valence-corrected chi connectivity index (χ0v) is 13.2. The fraction of sp³-hybridized carbons (Fsp3) is 0.526. The van der Waals surface area contributed by atoms with Crippen LogP contribution in [-0.4, -0.2) is 34.0 Å². The van der Waals surface area contributed by atoms with Crippen LogP contribution in [0.15, 0.2) is 36.8 Å². The molecule has 4 nitrogen and oxygen atoms in total. The number of aliphatic hydroxyl groups is 1. The van der Waals surface area contributed by atoms with Crippen molar-refractivity contribution in [1.29, 1.82) is 0 Å². The summed E-state index contributed by atoms with van der Waals surface area (Å²) in [5.74, 6) is 0.268. The lowest BCUT2D eigenvalue weighted by Crippen LogP contribution is -2.40. The lowest BCUT2D eigenvalue weighted by molar-refractivity contribution is -0.0597. The van der Waals surface area contributed by atoms with Gasteiger partial charge in [-0.15, -0.1) is 0 Å². The van der Waals surface area contributed by atoms with Crippen LogP contribution in [0.25, 0.3) is 11.3 Å². The van der Waals surface area contributed by atoms with Gasteiger partial charge in [0.15, 0.2) is 0 Å². The number of nitrogens with zero attached hydrogens (tertiary/aromatic N) is 2. The van der Waals surface area contributed by atoms with E-state index < -0.39 is 0 Å². The zero-order valence-electron chi connectivity index (χ0n) is 13.2. The standard InChI is InChI=1S/C19H22N2O2/c22-18-15(5-6-19(18)7-9-23-10-8-19)17-14-4-2-1-3-13(14)16-11-20-12-21(16)17/h1-4,11-12,15,17-18,22H,5-10H2. The Morgan fingerprint density at radius 3 is 2.87 bits per heavy atom. The van der Waals surface area contributed by atoms with Crippen LogP contribution in [0.1, 0.15) is 37.3 Å². The van der Waals surface area contributed by atoms with E-state index in [1.165, 1.54) is 16.8 Å². The van der Waals surface area contributed by atoms with Crippen LogP contribution >= 0.6 is 0 Å². The predicted molar refractivity (Wildman–Crippen MR) is 87.0 cm³/mol. The Labute approximate surface area is 136 Å². The van der Waals surface area contributed by atoms with Gasteiger partial charge in [-0.1, -0.05) is 24.3 Å². The van der Waals surface area contributed by atoms with Crippen LogP contribution in [0.2, 0.25) is 0 Å². The Morgan fingerprint density at radius 1 is 1.17 bits per heavy atom. The molecule has 0 bridgehead atoms. The summed E-state index contributed by atoms with van der Waals surface area (Å²) in [6.07, 6.45) is 7.82. The summed E-state index contributed by atoms with van der Waals surface area (Å²) in [6.45, 7) is 1.59. The van der Waals surface area contributed by atoms with Crippen LogP contribution in [0.4, 0.5) is 0 Å². The first-order valence-electron chi connectivity index (χ1n) is 8.67. The third-order valence-corrected chi connectivity index (χ3v) is 6.42. The molecular weight excluding hydrogens is 288 g/mol. The second kappa shape index (κ2) is 4.92. The molecule has 120 valence electrons. The van der Waals surface area contributed by atoms with Gasteiger partial charge in [-0.25, -0.2) is 4.98 Å². The number of aliphatic hydroxyl groups excluding tert-OH is 1. The molecule has 3 unspecified atom stereocenters. The average molecular weight is 310 g/mol. The first-order valence-corrected chi connectivity index (χ1v) is 8.67. The Balaban J connectivity index is 1.56. The van der Waals surface area contributed by atoms with Gasteiger partial charge in [0.25, 0.3) is 0 Å². The van der Waals surface area contributed by atoms with Crippen molar-refractivity contribution in [3.05, 3.63) is 42.4 Å². The highest BCUT2D eigenvalue weighted by Crippen LogP contribution is 2.55. The number of hydrogen-bond acceptors (Lipinski definition) is 3. The molecule has 1 aliphatic carbocycles. The molecule has 2 aromatic rings. The molecule has 3 heterocycles. The van der Waals surface area contributed by atoms with Crippen LogP contribution < -0.4 is 0 Å². The minimum atomic E-state index is -0.252. The van der Waals surface area contributed by atoms with E-state index in [0.29, 0.717) is 0 Å². The van der Waals surface area contributed by atoms with Gasteiger partial charge in [0.2, 0.25) is 0 Å². The van der Waals surface area contributed by atoms with E-state index in [2.05, 4.69) is 33.8 Å². The van der Waals surface area contributed by atoms with Crippen molar-refractivity contribution in [2.45, 2.75) is 37.8 Å². The highest BCUT2D eigenvalue weighted by Gasteiger charge is 2.52. The predicted octanol–water partition coefficient (Wildman–Crippen LogP) is 3.02. The lowest BCUT2D eigenvalue weighted by Gasteiger charge is -2.38. The normalized spacial score (nSPS) is 31.3. The largest absolute Gasteiger partial charge is 0.392 e. The highest BCUT2D eigenvalue weighted by atomic mass is 16.5.